The van der Waals surface area contributed by atoms with Crippen LogP contribution in [0.25, 0.3) is 0 Å². The first-order valence-corrected chi connectivity index (χ1v) is 7.63. The smallest absolute Gasteiger partial charge is 0.231 e. The van der Waals surface area contributed by atoms with E-state index in [1.54, 1.807) is 0 Å². The first kappa shape index (κ1) is 15.8. The second kappa shape index (κ2) is 7.40. The Morgan fingerprint density at radius 3 is 2.48 bits per heavy atom. The van der Waals surface area contributed by atoms with E-state index in [0.717, 1.165) is 32.5 Å². The topological polar surface area (TPSA) is 75.2 Å². The van der Waals surface area contributed by atoms with Crippen molar-refractivity contribution in [3.63, 3.8) is 0 Å². The van der Waals surface area contributed by atoms with Crippen molar-refractivity contribution >= 4 is 17.8 Å². The molecule has 0 aliphatic carbocycles. The molecule has 7 nitrogen and oxygen atoms in total. The molecule has 0 spiro atoms. The monoisotopic (exact) mass is 294 g/mol. The van der Waals surface area contributed by atoms with Crippen LogP contribution in [0, 0.1) is 5.92 Å². The van der Waals surface area contributed by atoms with E-state index in [1.807, 2.05) is 19.0 Å². The Bertz CT molecular complexity index is 453. The highest BCUT2D eigenvalue weighted by Gasteiger charge is 2.24. The molecular weight excluding hydrogens is 268 g/mol. The van der Waals surface area contributed by atoms with Gasteiger partial charge < -0.3 is 20.3 Å². The third kappa shape index (κ3) is 4.42. The minimum absolute atomic E-state index is 0.297. The zero-order valence-corrected chi connectivity index (χ0v) is 13.4. The van der Waals surface area contributed by atoms with Crippen LogP contribution in [-0.2, 0) is 4.74 Å². The molecule has 2 unspecified atom stereocenters. The molecule has 1 aliphatic heterocycles. The lowest BCUT2D eigenvalue weighted by molar-refractivity contribution is 0.108. The summed E-state index contributed by atoms with van der Waals surface area (Å²) in [6.45, 7) is 6.75. The molecule has 2 N–H and O–H groups in total. The predicted molar refractivity (Wildman–Crippen MR) is 84.9 cm³/mol. The first-order chi connectivity index (χ1) is 10.1. The Balaban J connectivity index is 2.04. The van der Waals surface area contributed by atoms with Crippen molar-refractivity contribution in [2.75, 3.05) is 49.3 Å². The molecule has 118 valence electrons. The normalized spacial score (nSPS) is 21.3. The van der Waals surface area contributed by atoms with Crippen molar-refractivity contribution in [3.05, 3.63) is 0 Å². The summed E-state index contributed by atoms with van der Waals surface area (Å²) < 4.78 is 5.58. The van der Waals surface area contributed by atoms with Crippen LogP contribution in [0.15, 0.2) is 0 Å². The Morgan fingerprint density at radius 1 is 1.19 bits per heavy atom. The molecule has 0 amide bonds. The maximum absolute atomic E-state index is 5.58. The van der Waals surface area contributed by atoms with Crippen LogP contribution >= 0.6 is 0 Å². The predicted octanol–water partition coefficient (Wildman–Crippen LogP) is 1.60. The Hall–Kier alpha value is -1.63. The average Bonchev–Trinajstić information content (AvgIpc) is 2.88. The molecule has 2 rings (SSSR count). The molecule has 1 aliphatic rings. The molecule has 1 aromatic rings. The lowest BCUT2D eigenvalue weighted by Crippen LogP contribution is -2.23. The maximum atomic E-state index is 5.58. The van der Waals surface area contributed by atoms with Crippen LogP contribution in [0.4, 0.5) is 17.8 Å². The Morgan fingerprint density at radius 2 is 1.90 bits per heavy atom. The number of nitrogens with one attached hydrogen (secondary N) is 2. The zero-order valence-electron chi connectivity index (χ0n) is 13.4. The fraction of sp³-hybridized carbons (Fsp3) is 0.786. The molecule has 21 heavy (non-hydrogen) atoms. The van der Waals surface area contributed by atoms with Crippen LogP contribution in [0.1, 0.15) is 26.7 Å². The summed E-state index contributed by atoms with van der Waals surface area (Å²) >= 11 is 0. The largest absolute Gasteiger partial charge is 0.378 e. The van der Waals surface area contributed by atoms with Gasteiger partial charge in [-0.15, -0.1) is 0 Å². The van der Waals surface area contributed by atoms with Gasteiger partial charge in [-0.3, -0.25) is 0 Å². The molecule has 0 bridgehead atoms. The molecule has 2 atom stereocenters. The molecule has 1 fully saturated rings. The summed E-state index contributed by atoms with van der Waals surface area (Å²) in [7, 11) is 3.85. The second-order valence-electron chi connectivity index (χ2n) is 5.61. The van der Waals surface area contributed by atoms with Crippen LogP contribution in [0.5, 0.6) is 0 Å². The van der Waals surface area contributed by atoms with E-state index in [-0.39, 0.29) is 0 Å². The van der Waals surface area contributed by atoms with Gasteiger partial charge in [0.25, 0.3) is 0 Å². The van der Waals surface area contributed by atoms with Crippen LogP contribution < -0.4 is 15.5 Å². The molecule has 0 aromatic carbocycles. The average molecular weight is 294 g/mol. The molecule has 2 heterocycles. The van der Waals surface area contributed by atoms with Crippen molar-refractivity contribution in [1.29, 1.82) is 0 Å². The summed E-state index contributed by atoms with van der Waals surface area (Å²) in [4.78, 5) is 15.1. The van der Waals surface area contributed by atoms with Gasteiger partial charge in [-0.1, -0.05) is 6.92 Å². The SMILES string of the molecule is CCCNc1nc(NCC2CCOC2C)nc(N(C)C)n1. The summed E-state index contributed by atoms with van der Waals surface area (Å²) in [5, 5.41) is 6.53. The van der Waals surface area contributed by atoms with Gasteiger partial charge in [0.2, 0.25) is 17.8 Å². The van der Waals surface area contributed by atoms with Gasteiger partial charge in [-0.25, -0.2) is 0 Å². The number of nitrogens with zero attached hydrogens (tertiary/aromatic N) is 4. The van der Waals surface area contributed by atoms with E-state index in [4.69, 9.17) is 4.74 Å². The highest BCUT2D eigenvalue weighted by molar-refractivity contribution is 5.42. The molecule has 1 saturated heterocycles. The summed E-state index contributed by atoms with van der Waals surface area (Å²) in [6.07, 6.45) is 2.41. The Kier molecular flexibility index (Phi) is 5.55. The van der Waals surface area contributed by atoms with E-state index >= 15 is 0 Å². The quantitative estimate of drug-likeness (QED) is 0.791. The maximum Gasteiger partial charge on any atom is 0.231 e. The summed E-state index contributed by atoms with van der Waals surface area (Å²) in [6, 6.07) is 0. The van der Waals surface area contributed by atoms with E-state index in [2.05, 4.69) is 39.4 Å². The van der Waals surface area contributed by atoms with Crippen molar-refractivity contribution in [2.24, 2.45) is 5.92 Å². The summed E-state index contributed by atoms with van der Waals surface area (Å²) in [5.41, 5.74) is 0. The number of ether oxygens (including phenoxy) is 1. The number of hydrogen-bond donors (Lipinski definition) is 2. The number of rotatable bonds is 7. The molecule has 0 radical (unpaired) electrons. The van der Waals surface area contributed by atoms with Gasteiger partial charge in [-0.05, 0) is 19.8 Å². The van der Waals surface area contributed by atoms with Gasteiger partial charge in [-0.2, -0.15) is 15.0 Å². The number of anilines is 3. The standard InChI is InChI=1S/C14H26N6O/c1-5-7-15-12-17-13(19-14(18-12)20(3)4)16-9-11-6-8-21-10(11)2/h10-11H,5-9H2,1-4H3,(H2,15,16,17,18,19). The van der Waals surface area contributed by atoms with Gasteiger partial charge in [0.15, 0.2) is 0 Å². The second-order valence-corrected chi connectivity index (χ2v) is 5.61. The third-order valence-electron chi connectivity index (χ3n) is 3.61. The van der Waals surface area contributed by atoms with Crippen LogP contribution in [0.3, 0.4) is 0 Å². The molecule has 0 saturated carbocycles. The third-order valence-corrected chi connectivity index (χ3v) is 3.61. The minimum Gasteiger partial charge on any atom is -0.378 e. The first-order valence-electron chi connectivity index (χ1n) is 7.63. The Labute approximate surface area is 126 Å². The van der Waals surface area contributed by atoms with E-state index in [1.165, 1.54) is 0 Å². The lowest BCUT2D eigenvalue weighted by atomic mass is 10.0. The van der Waals surface area contributed by atoms with Gasteiger partial charge in [0.05, 0.1) is 6.10 Å². The summed E-state index contributed by atoms with van der Waals surface area (Å²) in [5.74, 6) is 2.40. The van der Waals surface area contributed by atoms with Crippen molar-refractivity contribution in [2.45, 2.75) is 32.8 Å². The molecule has 7 heteroatoms. The van der Waals surface area contributed by atoms with E-state index < -0.39 is 0 Å². The van der Waals surface area contributed by atoms with Gasteiger partial charge in [0, 0.05) is 39.7 Å². The van der Waals surface area contributed by atoms with Crippen LogP contribution in [0.2, 0.25) is 0 Å². The molecular formula is C14H26N6O. The highest BCUT2D eigenvalue weighted by atomic mass is 16.5. The number of hydrogen-bond acceptors (Lipinski definition) is 7. The fourth-order valence-corrected chi connectivity index (χ4v) is 2.23. The van der Waals surface area contributed by atoms with Gasteiger partial charge >= 0.3 is 0 Å². The van der Waals surface area contributed by atoms with Crippen molar-refractivity contribution < 1.29 is 4.74 Å². The van der Waals surface area contributed by atoms with Crippen LogP contribution in [-0.4, -0.2) is 54.8 Å². The molecule has 1 aromatic heterocycles. The van der Waals surface area contributed by atoms with Crippen molar-refractivity contribution in [1.82, 2.24) is 15.0 Å². The van der Waals surface area contributed by atoms with E-state index in [9.17, 15) is 0 Å². The van der Waals surface area contributed by atoms with Gasteiger partial charge in [0.1, 0.15) is 0 Å². The highest BCUT2D eigenvalue weighted by Crippen LogP contribution is 2.21. The number of aromatic nitrogens is 3. The zero-order chi connectivity index (χ0) is 15.2. The lowest BCUT2D eigenvalue weighted by Gasteiger charge is -2.17. The van der Waals surface area contributed by atoms with E-state index in [0.29, 0.717) is 29.9 Å². The van der Waals surface area contributed by atoms with Crippen molar-refractivity contribution in [3.8, 4) is 0 Å². The minimum atomic E-state index is 0.297. The fourth-order valence-electron chi connectivity index (χ4n) is 2.23.